The van der Waals surface area contributed by atoms with Gasteiger partial charge in [-0.3, -0.25) is 9.89 Å². The van der Waals surface area contributed by atoms with Crippen molar-refractivity contribution >= 4 is 39.6 Å². The summed E-state index contributed by atoms with van der Waals surface area (Å²) in [5, 5.41) is 14.1. The third-order valence-corrected chi connectivity index (χ3v) is 6.14. The minimum absolute atomic E-state index is 0.220. The Labute approximate surface area is 217 Å². The zero-order chi connectivity index (χ0) is 26.1. The number of anilines is 3. The first-order chi connectivity index (χ1) is 18.6. The first-order valence-electron chi connectivity index (χ1n) is 11.8. The molecule has 0 aliphatic rings. The van der Waals surface area contributed by atoms with Gasteiger partial charge >= 0.3 is 0 Å². The number of fused-ring (bicyclic) bond motifs is 2. The van der Waals surface area contributed by atoms with Crippen LogP contribution in [0.2, 0.25) is 0 Å². The maximum atomic E-state index is 13.1. The Bertz CT molecular complexity index is 1790. The molecule has 0 radical (unpaired) electrons. The van der Waals surface area contributed by atoms with Crippen LogP contribution in [0.15, 0.2) is 85.5 Å². The van der Waals surface area contributed by atoms with Gasteiger partial charge in [-0.25, -0.2) is 9.97 Å². The summed E-state index contributed by atoms with van der Waals surface area (Å²) < 4.78 is 12.7. The molecule has 38 heavy (non-hydrogen) atoms. The summed E-state index contributed by atoms with van der Waals surface area (Å²) in [6.45, 7) is 0. The van der Waals surface area contributed by atoms with Crippen LogP contribution >= 0.6 is 0 Å². The quantitative estimate of drug-likeness (QED) is 0.270. The molecule has 3 aromatic heterocycles. The number of hydrogen-bond donors (Lipinski definition) is 3. The highest BCUT2D eigenvalue weighted by molar-refractivity contribution is 6.05. The molecule has 0 bridgehead atoms. The molecule has 0 unspecified atom stereocenters. The first-order valence-corrected chi connectivity index (χ1v) is 11.8. The number of nitrogens with zero attached hydrogens (tertiary/aromatic N) is 4. The van der Waals surface area contributed by atoms with E-state index in [0.717, 1.165) is 22.2 Å². The van der Waals surface area contributed by atoms with Gasteiger partial charge in [-0.15, -0.1) is 0 Å². The summed E-state index contributed by atoms with van der Waals surface area (Å²) in [7, 11) is 3.18. The van der Waals surface area contributed by atoms with Gasteiger partial charge in [0.05, 0.1) is 31.6 Å². The van der Waals surface area contributed by atoms with Crippen LogP contribution in [-0.4, -0.2) is 44.7 Å². The molecule has 0 atom stereocenters. The number of ether oxygens (including phenoxy) is 2. The van der Waals surface area contributed by atoms with Gasteiger partial charge in [0, 0.05) is 52.5 Å². The maximum Gasteiger partial charge on any atom is 0.255 e. The SMILES string of the molecule is COc1ccc(Nc2nc(-c3cccc(C(=O)Nc4ccc5[nH]ncc5c4)c3)cn3ccnc23)cc1OC. The fourth-order valence-electron chi connectivity index (χ4n) is 4.25. The van der Waals surface area contributed by atoms with Gasteiger partial charge in [-0.2, -0.15) is 5.10 Å². The average molecular weight is 506 g/mol. The molecule has 0 aliphatic heterocycles. The van der Waals surface area contributed by atoms with Crippen LogP contribution in [0.3, 0.4) is 0 Å². The van der Waals surface area contributed by atoms with Crippen molar-refractivity contribution in [3.63, 3.8) is 0 Å². The predicted molar refractivity (Wildman–Crippen MR) is 145 cm³/mol. The highest BCUT2D eigenvalue weighted by atomic mass is 16.5. The molecule has 0 aliphatic carbocycles. The molecule has 0 spiro atoms. The van der Waals surface area contributed by atoms with Crippen molar-refractivity contribution in [2.24, 2.45) is 0 Å². The summed E-state index contributed by atoms with van der Waals surface area (Å²) >= 11 is 0. The van der Waals surface area contributed by atoms with Crippen LogP contribution in [0.25, 0.3) is 27.8 Å². The highest BCUT2D eigenvalue weighted by Gasteiger charge is 2.14. The molecule has 10 nitrogen and oxygen atoms in total. The van der Waals surface area contributed by atoms with Crippen molar-refractivity contribution in [2.75, 3.05) is 24.9 Å². The van der Waals surface area contributed by atoms with Gasteiger partial charge < -0.3 is 24.5 Å². The number of carbonyl (C=O) groups excluding carboxylic acids is 1. The molecule has 6 rings (SSSR count). The lowest BCUT2D eigenvalue weighted by Crippen LogP contribution is -2.11. The Morgan fingerprint density at radius 2 is 1.84 bits per heavy atom. The lowest BCUT2D eigenvalue weighted by Gasteiger charge is -2.13. The van der Waals surface area contributed by atoms with Gasteiger partial charge in [0.15, 0.2) is 23.0 Å². The van der Waals surface area contributed by atoms with E-state index < -0.39 is 0 Å². The zero-order valence-corrected chi connectivity index (χ0v) is 20.6. The highest BCUT2D eigenvalue weighted by Crippen LogP contribution is 2.32. The molecule has 6 aromatic rings. The largest absolute Gasteiger partial charge is 0.493 e. The second-order valence-corrected chi connectivity index (χ2v) is 8.53. The number of rotatable bonds is 7. The second-order valence-electron chi connectivity index (χ2n) is 8.53. The molecule has 0 saturated carbocycles. The van der Waals surface area contributed by atoms with E-state index in [9.17, 15) is 4.79 Å². The summed E-state index contributed by atoms with van der Waals surface area (Å²) in [4.78, 5) is 22.3. The number of imidazole rings is 1. The minimum atomic E-state index is -0.220. The number of aromatic amines is 1. The predicted octanol–water partition coefficient (Wildman–Crippen LogP) is 5.29. The van der Waals surface area contributed by atoms with Crippen LogP contribution < -0.4 is 20.1 Å². The molecule has 0 saturated heterocycles. The number of aromatic nitrogens is 5. The Hall–Kier alpha value is -5.38. The Balaban J connectivity index is 1.31. The van der Waals surface area contributed by atoms with Gasteiger partial charge in [0.1, 0.15) is 0 Å². The van der Waals surface area contributed by atoms with Crippen LogP contribution in [0.1, 0.15) is 10.4 Å². The number of H-pyrrole nitrogens is 1. The lowest BCUT2D eigenvalue weighted by atomic mass is 10.1. The van der Waals surface area contributed by atoms with Crippen LogP contribution in [0, 0.1) is 0 Å². The molecule has 1 amide bonds. The van der Waals surface area contributed by atoms with Crippen molar-refractivity contribution in [1.29, 1.82) is 0 Å². The van der Waals surface area contributed by atoms with E-state index >= 15 is 0 Å². The van der Waals surface area contributed by atoms with Crippen LogP contribution in [-0.2, 0) is 0 Å². The number of carbonyl (C=O) groups is 1. The van der Waals surface area contributed by atoms with Crippen molar-refractivity contribution in [2.45, 2.75) is 0 Å². The van der Waals surface area contributed by atoms with E-state index in [1.807, 2.05) is 71.4 Å². The number of nitrogens with one attached hydrogen (secondary N) is 3. The van der Waals surface area contributed by atoms with E-state index in [0.29, 0.717) is 39.9 Å². The third kappa shape index (κ3) is 4.35. The van der Waals surface area contributed by atoms with E-state index in [1.54, 1.807) is 32.7 Å². The molecule has 10 heteroatoms. The van der Waals surface area contributed by atoms with E-state index in [-0.39, 0.29) is 5.91 Å². The van der Waals surface area contributed by atoms with Crippen LogP contribution in [0.5, 0.6) is 11.5 Å². The monoisotopic (exact) mass is 505 g/mol. The van der Waals surface area contributed by atoms with Crippen molar-refractivity contribution in [3.05, 3.63) is 91.0 Å². The van der Waals surface area contributed by atoms with E-state index in [4.69, 9.17) is 14.5 Å². The minimum Gasteiger partial charge on any atom is -0.493 e. The van der Waals surface area contributed by atoms with Crippen molar-refractivity contribution < 1.29 is 14.3 Å². The normalized spacial score (nSPS) is 11.0. The topological polar surface area (TPSA) is 118 Å². The number of benzene rings is 3. The number of amides is 1. The standard InChI is InChI=1S/C28H23N7O3/c1-37-24-9-7-21(14-25(24)38-2)31-26-27-29-10-11-35(27)16-23(33-26)17-4-3-5-18(12-17)28(36)32-20-6-8-22-19(13-20)15-30-34-22/h3-16H,1-2H3,(H,30,34)(H,31,33)(H,32,36). The molecule has 3 N–H and O–H groups in total. The summed E-state index contributed by atoms with van der Waals surface area (Å²) in [5.74, 6) is 1.56. The third-order valence-electron chi connectivity index (χ3n) is 6.14. The molecule has 188 valence electrons. The van der Waals surface area contributed by atoms with E-state index in [2.05, 4.69) is 25.8 Å². The molecule has 3 heterocycles. The van der Waals surface area contributed by atoms with Gasteiger partial charge in [-0.05, 0) is 42.5 Å². The Kier molecular flexibility index (Phi) is 5.81. The van der Waals surface area contributed by atoms with Crippen LogP contribution in [0.4, 0.5) is 17.2 Å². The summed E-state index contributed by atoms with van der Waals surface area (Å²) in [5.41, 5.74) is 4.99. The van der Waals surface area contributed by atoms with E-state index in [1.165, 1.54) is 0 Å². The fourth-order valence-corrected chi connectivity index (χ4v) is 4.25. The fraction of sp³-hybridized carbons (Fsp3) is 0.0714. The van der Waals surface area contributed by atoms with Gasteiger partial charge in [-0.1, -0.05) is 12.1 Å². The number of methoxy groups -OCH3 is 2. The van der Waals surface area contributed by atoms with Crippen molar-refractivity contribution in [1.82, 2.24) is 24.6 Å². The summed E-state index contributed by atoms with van der Waals surface area (Å²) in [6, 6.07) is 18.5. The van der Waals surface area contributed by atoms with Gasteiger partial charge in [0.25, 0.3) is 5.91 Å². The molecular weight excluding hydrogens is 482 g/mol. The number of hydrogen-bond acceptors (Lipinski definition) is 7. The second kappa shape index (κ2) is 9.58. The maximum absolute atomic E-state index is 13.1. The van der Waals surface area contributed by atoms with Gasteiger partial charge in [0.2, 0.25) is 0 Å². The molecular formula is C28H23N7O3. The zero-order valence-electron chi connectivity index (χ0n) is 20.6. The lowest BCUT2D eigenvalue weighted by molar-refractivity contribution is 0.102. The van der Waals surface area contributed by atoms with Crippen molar-refractivity contribution in [3.8, 4) is 22.8 Å². The average Bonchev–Trinajstić information content (AvgIpc) is 3.62. The molecule has 0 fully saturated rings. The smallest absolute Gasteiger partial charge is 0.255 e. The Morgan fingerprint density at radius 3 is 2.71 bits per heavy atom. The first kappa shape index (κ1) is 23.0. The molecule has 3 aromatic carbocycles. The summed E-state index contributed by atoms with van der Waals surface area (Å²) in [6.07, 6.45) is 7.16. The Morgan fingerprint density at radius 1 is 0.974 bits per heavy atom.